The van der Waals surface area contributed by atoms with Gasteiger partial charge < -0.3 is 5.11 Å². The number of nitrogens with two attached hydrogens (primary N) is 1. The molecule has 0 aliphatic heterocycles. The first kappa shape index (κ1) is 12.1. The third-order valence-corrected chi connectivity index (χ3v) is 2.67. The van der Waals surface area contributed by atoms with Gasteiger partial charge >= 0.3 is 5.97 Å². The SMILES string of the molecule is NS(=O)(=O)c1cccc([N+](=O)[O-])c1C(=O)O. The number of hydrogen-bond donors (Lipinski definition) is 2. The van der Waals surface area contributed by atoms with Gasteiger partial charge in [0.2, 0.25) is 10.0 Å². The highest BCUT2D eigenvalue weighted by Gasteiger charge is 2.28. The van der Waals surface area contributed by atoms with Crippen molar-refractivity contribution in [1.82, 2.24) is 0 Å². The van der Waals surface area contributed by atoms with Crippen molar-refractivity contribution in [1.29, 1.82) is 0 Å². The molecule has 0 heterocycles. The van der Waals surface area contributed by atoms with Crippen molar-refractivity contribution in [3.05, 3.63) is 33.9 Å². The molecule has 0 fully saturated rings. The van der Waals surface area contributed by atoms with E-state index in [1.807, 2.05) is 0 Å². The molecule has 0 radical (unpaired) electrons. The molecular weight excluding hydrogens is 240 g/mol. The van der Waals surface area contributed by atoms with Crippen LogP contribution in [0.15, 0.2) is 23.1 Å². The zero-order chi connectivity index (χ0) is 12.5. The Hall–Kier alpha value is -2.00. The van der Waals surface area contributed by atoms with Crippen molar-refractivity contribution in [3.63, 3.8) is 0 Å². The first-order valence-corrected chi connectivity index (χ1v) is 5.33. The number of nitrogens with zero attached hydrogens (tertiary/aromatic N) is 1. The van der Waals surface area contributed by atoms with Crippen molar-refractivity contribution in [2.24, 2.45) is 5.14 Å². The van der Waals surface area contributed by atoms with Crippen LogP contribution in [0.1, 0.15) is 10.4 Å². The maximum Gasteiger partial charge on any atom is 0.344 e. The van der Waals surface area contributed by atoms with Crippen LogP contribution >= 0.6 is 0 Å². The summed E-state index contributed by atoms with van der Waals surface area (Å²) in [5.41, 5.74) is -1.76. The van der Waals surface area contributed by atoms with Gasteiger partial charge in [-0.25, -0.2) is 18.4 Å². The summed E-state index contributed by atoms with van der Waals surface area (Å²) in [6.45, 7) is 0. The molecule has 1 rings (SSSR count). The summed E-state index contributed by atoms with van der Waals surface area (Å²) in [6, 6.07) is 2.83. The first-order valence-electron chi connectivity index (χ1n) is 3.78. The highest BCUT2D eigenvalue weighted by Crippen LogP contribution is 2.24. The molecule has 0 atom stereocenters. The third kappa shape index (κ3) is 2.15. The van der Waals surface area contributed by atoms with E-state index in [2.05, 4.69) is 0 Å². The van der Waals surface area contributed by atoms with Crippen molar-refractivity contribution in [3.8, 4) is 0 Å². The number of rotatable bonds is 3. The molecule has 0 amide bonds. The highest BCUT2D eigenvalue weighted by molar-refractivity contribution is 7.89. The van der Waals surface area contributed by atoms with Crippen LogP contribution in [0, 0.1) is 10.1 Å². The minimum absolute atomic E-state index is 0.783. The second kappa shape index (κ2) is 3.87. The maximum absolute atomic E-state index is 11.0. The van der Waals surface area contributed by atoms with Gasteiger partial charge in [-0.05, 0) is 6.07 Å². The number of carbonyl (C=O) groups is 1. The molecular formula is C7H6N2O6S. The summed E-state index contributed by atoms with van der Waals surface area (Å²) in [5.74, 6) is -1.73. The highest BCUT2D eigenvalue weighted by atomic mass is 32.2. The molecule has 0 aliphatic carbocycles. The molecule has 0 saturated heterocycles. The Labute approximate surface area is 89.5 Å². The van der Waals surface area contributed by atoms with E-state index in [1.165, 1.54) is 0 Å². The first-order chi connectivity index (χ1) is 7.25. The van der Waals surface area contributed by atoms with Gasteiger partial charge in [0.05, 0.1) is 4.92 Å². The second-order valence-electron chi connectivity index (χ2n) is 2.76. The Balaban J connectivity index is 3.72. The van der Waals surface area contributed by atoms with E-state index in [1.54, 1.807) is 0 Å². The van der Waals surface area contributed by atoms with E-state index < -0.39 is 37.1 Å². The number of nitro groups is 1. The van der Waals surface area contributed by atoms with E-state index in [4.69, 9.17) is 10.2 Å². The van der Waals surface area contributed by atoms with Crippen molar-refractivity contribution >= 4 is 21.7 Å². The number of aromatic carboxylic acids is 1. The predicted molar refractivity (Wildman–Crippen MR) is 51.4 cm³/mol. The Kier molecular flexibility index (Phi) is 2.92. The van der Waals surface area contributed by atoms with Crippen LogP contribution in [0.25, 0.3) is 0 Å². The molecule has 0 saturated carbocycles. The molecule has 1 aromatic carbocycles. The topological polar surface area (TPSA) is 141 Å². The Morgan fingerprint density at radius 1 is 1.44 bits per heavy atom. The van der Waals surface area contributed by atoms with Crippen LogP contribution in [-0.4, -0.2) is 24.4 Å². The van der Waals surface area contributed by atoms with Gasteiger partial charge in [-0.2, -0.15) is 0 Å². The number of benzene rings is 1. The van der Waals surface area contributed by atoms with Crippen molar-refractivity contribution < 1.29 is 23.2 Å². The van der Waals surface area contributed by atoms with Crippen LogP contribution < -0.4 is 5.14 Å². The molecule has 0 spiro atoms. The monoisotopic (exact) mass is 246 g/mol. The number of nitro benzene ring substituents is 1. The Morgan fingerprint density at radius 3 is 2.38 bits per heavy atom. The van der Waals surface area contributed by atoms with E-state index >= 15 is 0 Å². The molecule has 0 unspecified atom stereocenters. The molecule has 0 aliphatic rings. The summed E-state index contributed by atoms with van der Waals surface area (Å²) in [7, 11) is -4.32. The van der Waals surface area contributed by atoms with Crippen LogP contribution in [0.4, 0.5) is 5.69 Å². The summed E-state index contributed by atoms with van der Waals surface area (Å²) in [5, 5.41) is 24.0. The Bertz CT molecular complexity index is 564. The molecule has 0 bridgehead atoms. The lowest BCUT2D eigenvalue weighted by Crippen LogP contribution is -2.17. The fraction of sp³-hybridized carbons (Fsp3) is 0. The number of sulfonamides is 1. The van der Waals surface area contributed by atoms with Gasteiger partial charge in [0, 0.05) is 6.07 Å². The van der Waals surface area contributed by atoms with E-state index in [9.17, 15) is 23.3 Å². The number of hydrogen-bond acceptors (Lipinski definition) is 5. The summed E-state index contributed by atoms with van der Waals surface area (Å²) < 4.78 is 22.0. The molecule has 1 aromatic rings. The summed E-state index contributed by atoms with van der Waals surface area (Å²) in [4.78, 5) is 19.5. The van der Waals surface area contributed by atoms with Gasteiger partial charge in [0.25, 0.3) is 5.69 Å². The fourth-order valence-electron chi connectivity index (χ4n) is 1.12. The Morgan fingerprint density at radius 2 is 2.00 bits per heavy atom. The summed E-state index contributed by atoms with van der Waals surface area (Å²) in [6.07, 6.45) is 0. The standard InChI is InChI=1S/C7H6N2O6S/c8-16(14,15)5-3-1-2-4(9(12)13)6(5)7(10)11/h1-3H,(H,10,11)(H2,8,14,15). The second-order valence-corrected chi connectivity index (χ2v) is 4.29. The van der Waals surface area contributed by atoms with Gasteiger partial charge in [-0.3, -0.25) is 10.1 Å². The van der Waals surface area contributed by atoms with E-state index in [0.29, 0.717) is 0 Å². The lowest BCUT2D eigenvalue weighted by molar-refractivity contribution is -0.385. The lowest BCUT2D eigenvalue weighted by atomic mass is 10.2. The van der Waals surface area contributed by atoms with Crippen LogP contribution in [0.2, 0.25) is 0 Å². The molecule has 16 heavy (non-hydrogen) atoms. The van der Waals surface area contributed by atoms with Gasteiger partial charge in [-0.1, -0.05) is 6.07 Å². The largest absolute Gasteiger partial charge is 0.477 e. The summed E-state index contributed by atoms with van der Waals surface area (Å²) >= 11 is 0. The lowest BCUT2D eigenvalue weighted by Gasteiger charge is -2.03. The molecule has 8 nitrogen and oxygen atoms in total. The average Bonchev–Trinajstić information content (AvgIpc) is 2.14. The van der Waals surface area contributed by atoms with E-state index in [0.717, 1.165) is 18.2 Å². The zero-order valence-electron chi connectivity index (χ0n) is 7.65. The number of carboxylic acid groups (broad SMARTS) is 1. The quantitative estimate of drug-likeness (QED) is 0.565. The normalized spacial score (nSPS) is 11.1. The van der Waals surface area contributed by atoms with Crippen molar-refractivity contribution in [2.75, 3.05) is 0 Å². The number of carboxylic acids is 1. The molecule has 0 aromatic heterocycles. The maximum atomic E-state index is 11.0. The fourth-order valence-corrected chi connectivity index (χ4v) is 1.87. The predicted octanol–water partition coefficient (Wildman–Crippen LogP) is -0.0596. The smallest absolute Gasteiger partial charge is 0.344 e. The van der Waals surface area contributed by atoms with Crippen LogP contribution in [0.3, 0.4) is 0 Å². The molecule has 86 valence electrons. The molecule has 3 N–H and O–H groups in total. The molecule has 9 heteroatoms. The third-order valence-electron chi connectivity index (χ3n) is 1.72. The van der Waals surface area contributed by atoms with Crippen LogP contribution in [0.5, 0.6) is 0 Å². The van der Waals surface area contributed by atoms with Gasteiger partial charge in [0.1, 0.15) is 4.90 Å². The average molecular weight is 246 g/mol. The minimum Gasteiger partial charge on any atom is -0.477 e. The van der Waals surface area contributed by atoms with Crippen molar-refractivity contribution in [2.45, 2.75) is 4.90 Å². The van der Waals surface area contributed by atoms with E-state index in [-0.39, 0.29) is 0 Å². The van der Waals surface area contributed by atoms with Crippen LogP contribution in [-0.2, 0) is 10.0 Å². The van der Waals surface area contributed by atoms with Gasteiger partial charge in [0.15, 0.2) is 5.56 Å². The zero-order valence-corrected chi connectivity index (χ0v) is 8.47. The minimum atomic E-state index is -4.32. The van der Waals surface area contributed by atoms with Gasteiger partial charge in [-0.15, -0.1) is 0 Å². The number of primary sulfonamides is 1.